The predicted octanol–water partition coefficient (Wildman–Crippen LogP) is 4.35. The Balaban J connectivity index is 1.56. The van der Waals surface area contributed by atoms with Crippen LogP contribution in [-0.4, -0.2) is 16.0 Å². The average molecular weight is 344 g/mol. The summed E-state index contributed by atoms with van der Waals surface area (Å²) in [6, 6.07) is 21.6. The second-order valence-corrected chi connectivity index (χ2v) is 6.95. The van der Waals surface area contributed by atoms with Crippen molar-refractivity contribution in [3.05, 3.63) is 83.2 Å². The zero-order chi connectivity index (χ0) is 17.9. The normalized spacial score (nSPS) is 16.2. The molecule has 0 saturated heterocycles. The molecule has 4 nitrogen and oxygen atoms in total. The highest BCUT2D eigenvalue weighted by Gasteiger charge is 2.24. The molecule has 4 heteroatoms. The highest BCUT2D eigenvalue weighted by atomic mass is 15.2. The van der Waals surface area contributed by atoms with Crippen LogP contribution in [0.1, 0.15) is 29.4 Å². The van der Waals surface area contributed by atoms with Gasteiger partial charge in [0.15, 0.2) is 0 Å². The number of aromatic nitrogens is 2. The number of hydrogen-bond acceptors (Lipinski definition) is 4. The third-order valence-electron chi connectivity index (χ3n) is 4.94. The van der Waals surface area contributed by atoms with Crippen molar-refractivity contribution < 1.29 is 0 Å². The van der Waals surface area contributed by atoms with Crippen LogP contribution in [0, 0.1) is 6.92 Å². The molecule has 2 heterocycles. The number of nitrogens with zero attached hydrogens (tertiary/aromatic N) is 3. The van der Waals surface area contributed by atoms with Gasteiger partial charge in [-0.15, -0.1) is 0 Å². The lowest BCUT2D eigenvalue weighted by atomic mass is 9.95. The summed E-state index contributed by atoms with van der Waals surface area (Å²) in [7, 11) is 0. The van der Waals surface area contributed by atoms with E-state index in [4.69, 9.17) is 4.98 Å². The van der Waals surface area contributed by atoms with Crippen molar-refractivity contribution in [2.45, 2.75) is 39.4 Å². The monoisotopic (exact) mass is 344 g/mol. The van der Waals surface area contributed by atoms with Crippen LogP contribution in [0.4, 0.5) is 11.6 Å². The Hall–Kier alpha value is -2.88. The van der Waals surface area contributed by atoms with Crippen LogP contribution in [-0.2, 0) is 19.5 Å². The quantitative estimate of drug-likeness (QED) is 0.764. The Morgan fingerprint density at radius 1 is 1.00 bits per heavy atom. The lowest BCUT2D eigenvalue weighted by molar-refractivity contribution is 0.585. The van der Waals surface area contributed by atoms with Crippen molar-refractivity contribution in [3.8, 4) is 0 Å². The molecule has 1 aromatic heterocycles. The van der Waals surface area contributed by atoms with Gasteiger partial charge in [0.05, 0.1) is 0 Å². The predicted molar refractivity (Wildman–Crippen MR) is 106 cm³/mol. The molecule has 0 unspecified atom stereocenters. The van der Waals surface area contributed by atoms with Gasteiger partial charge in [-0.1, -0.05) is 54.6 Å². The summed E-state index contributed by atoms with van der Waals surface area (Å²) < 4.78 is 0. The van der Waals surface area contributed by atoms with E-state index in [9.17, 15) is 0 Å². The SMILES string of the molecule is Cc1nc(NCc2ccccc2)cc(N2Cc3ccccc3C[C@@H]2C)n1. The van der Waals surface area contributed by atoms with E-state index < -0.39 is 0 Å². The van der Waals surface area contributed by atoms with Crippen LogP contribution >= 0.6 is 0 Å². The minimum absolute atomic E-state index is 0.418. The molecule has 1 aliphatic heterocycles. The summed E-state index contributed by atoms with van der Waals surface area (Å²) in [6.07, 6.45) is 1.05. The molecule has 0 spiro atoms. The molecule has 1 N–H and O–H groups in total. The summed E-state index contributed by atoms with van der Waals surface area (Å²) >= 11 is 0. The summed E-state index contributed by atoms with van der Waals surface area (Å²) in [5.74, 6) is 2.67. The van der Waals surface area contributed by atoms with Gasteiger partial charge in [-0.25, -0.2) is 9.97 Å². The molecule has 3 aromatic rings. The first kappa shape index (κ1) is 16.6. The maximum absolute atomic E-state index is 4.71. The molecule has 0 aliphatic carbocycles. The number of rotatable bonds is 4. The fourth-order valence-corrected chi connectivity index (χ4v) is 3.56. The van der Waals surface area contributed by atoms with E-state index in [0.717, 1.165) is 37.0 Å². The molecule has 2 aromatic carbocycles. The standard InChI is InChI=1S/C22H24N4/c1-16-12-19-10-6-7-11-20(19)15-26(16)22-13-21(24-17(2)25-22)23-14-18-8-4-3-5-9-18/h3-11,13,16H,12,14-15H2,1-2H3,(H,23,24,25)/t16-/m0/s1. The van der Waals surface area contributed by atoms with E-state index in [1.807, 2.05) is 13.0 Å². The number of benzene rings is 2. The summed E-state index contributed by atoms with van der Waals surface area (Å²) in [5.41, 5.74) is 4.08. The van der Waals surface area contributed by atoms with Gasteiger partial charge in [0, 0.05) is 25.2 Å². The summed E-state index contributed by atoms with van der Waals surface area (Å²) in [5, 5.41) is 3.44. The maximum Gasteiger partial charge on any atom is 0.134 e. The minimum atomic E-state index is 0.418. The maximum atomic E-state index is 4.71. The molecule has 0 bridgehead atoms. The first-order chi connectivity index (χ1) is 12.7. The van der Waals surface area contributed by atoms with Crippen LogP contribution < -0.4 is 10.2 Å². The lowest BCUT2D eigenvalue weighted by Gasteiger charge is -2.36. The number of anilines is 2. The van der Waals surface area contributed by atoms with Gasteiger partial charge in [0.2, 0.25) is 0 Å². The molecule has 4 rings (SSSR count). The Kier molecular flexibility index (Phi) is 4.57. The highest BCUT2D eigenvalue weighted by molar-refractivity contribution is 5.52. The molecule has 0 saturated carbocycles. The van der Waals surface area contributed by atoms with Crippen molar-refractivity contribution >= 4 is 11.6 Å². The lowest BCUT2D eigenvalue weighted by Crippen LogP contribution is -2.39. The van der Waals surface area contributed by atoms with Gasteiger partial charge in [-0.2, -0.15) is 0 Å². The first-order valence-electron chi connectivity index (χ1n) is 9.16. The third-order valence-corrected chi connectivity index (χ3v) is 4.94. The summed E-state index contributed by atoms with van der Waals surface area (Å²) in [6.45, 7) is 5.88. The van der Waals surface area contributed by atoms with Crippen molar-refractivity contribution in [1.29, 1.82) is 0 Å². The molecular formula is C22H24N4. The Bertz CT molecular complexity index is 892. The van der Waals surface area contributed by atoms with E-state index in [0.29, 0.717) is 6.04 Å². The van der Waals surface area contributed by atoms with Gasteiger partial charge < -0.3 is 10.2 Å². The highest BCUT2D eigenvalue weighted by Crippen LogP contribution is 2.28. The molecule has 0 amide bonds. The van der Waals surface area contributed by atoms with Crippen molar-refractivity contribution in [3.63, 3.8) is 0 Å². The fraction of sp³-hybridized carbons (Fsp3) is 0.273. The largest absolute Gasteiger partial charge is 0.366 e. The van der Waals surface area contributed by atoms with E-state index in [1.54, 1.807) is 0 Å². The Morgan fingerprint density at radius 3 is 2.54 bits per heavy atom. The van der Waals surface area contributed by atoms with Crippen LogP contribution in [0.15, 0.2) is 60.7 Å². The smallest absolute Gasteiger partial charge is 0.134 e. The molecular weight excluding hydrogens is 320 g/mol. The van der Waals surface area contributed by atoms with Crippen molar-refractivity contribution in [2.24, 2.45) is 0 Å². The van der Waals surface area contributed by atoms with Gasteiger partial charge >= 0.3 is 0 Å². The topological polar surface area (TPSA) is 41.1 Å². The number of fused-ring (bicyclic) bond motifs is 1. The first-order valence-corrected chi connectivity index (χ1v) is 9.16. The second kappa shape index (κ2) is 7.16. The van der Waals surface area contributed by atoms with Crippen molar-refractivity contribution in [2.75, 3.05) is 10.2 Å². The fourth-order valence-electron chi connectivity index (χ4n) is 3.56. The van der Waals surface area contributed by atoms with E-state index in [-0.39, 0.29) is 0 Å². The Morgan fingerprint density at radius 2 is 1.73 bits per heavy atom. The number of hydrogen-bond donors (Lipinski definition) is 1. The number of aryl methyl sites for hydroxylation is 1. The van der Waals surface area contributed by atoms with Crippen LogP contribution in [0.5, 0.6) is 0 Å². The molecule has 1 atom stereocenters. The van der Waals surface area contributed by atoms with Gasteiger partial charge in [0.1, 0.15) is 17.5 Å². The van der Waals surface area contributed by atoms with Crippen LogP contribution in [0.2, 0.25) is 0 Å². The zero-order valence-corrected chi connectivity index (χ0v) is 15.3. The van der Waals surface area contributed by atoms with Gasteiger partial charge in [-0.05, 0) is 37.0 Å². The van der Waals surface area contributed by atoms with E-state index in [1.165, 1.54) is 16.7 Å². The molecule has 1 aliphatic rings. The van der Waals surface area contributed by atoms with E-state index >= 15 is 0 Å². The minimum Gasteiger partial charge on any atom is -0.366 e. The third kappa shape index (κ3) is 3.54. The number of nitrogens with one attached hydrogen (secondary N) is 1. The van der Waals surface area contributed by atoms with Gasteiger partial charge in [0.25, 0.3) is 0 Å². The molecule has 0 fully saturated rings. The summed E-state index contributed by atoms with van der Waals surface area (Å²) in [4.78, 5) is 11.7. The molecule has 26 heavy (non-hydrogen) atoms. The molecule has 132 valence electrons. The van der Waals surface area contributed by atoms with Crippen molar-refractivity contribution in [1.82, 2.24) is 9.97 Å². The van der Waals surface area contributed by atoms with Crippen LogP contribution in [0.25, 0.3) is 0 Å². The average Bonchev–Trinajstić information content (AvgIpc) is 2.66. The second-order valence-electron chi connectivity index (χ2n) is 6.95. The zero-order valence-electron chi connectivity index (χ0n) is 15.3. The van der Waals surface area contributed by atoms with Crippen LogP contribution in [0.3, 0.4) is 0 Å². The molecule has 0 radical (unpaired) electrons. The van der Waals surface area contributed by atoms with Gasteiger partial charge in [-0.3, -0.25) is 0 Å². The van der Waals surface area contributed by atoms with E-state index in [2.05, 4.69) is 76.7 Å². The Labute approximate surface area is 154 Å².